The number of ether oxygens (including phenoxy) is 3. The van der Waals surface area contributed by atoms with Crippen LogP contribution in [0.4, 0.5) is 10.5 Å². The number of rotatable bonds is 2. The van der Waals surface area contributed by atoms with Gasteiger partial charge in [-0.15, -0.1) is 0 Å². The monoisotopic (exact) mass is 366 g/mol. The zero-order chi connectivity index (χ0) is 18.5. The van der Waals surface area contributed by atoms with Crippen LogP contribution in [0.15, 0.2) is 6.07 Å². The average Bonchev–Trinajstić information content (AvgIpc) is 2.79. The molecule has 1 aliphatic rings. The van der Waals surface area contributed by atoms with E-state index in [9.17, 15) is 4.79 Å². The number of aryl methyl sites for hydroxylation is 1. The van der Waals surface area contributed by atoms with Gasteiger partial charge in [-0.1, -0.05) is 11.6 Å². The predicted octanol–water partition coefficient (Wildman–Crippen LogP) is 4.15. The first-order chi connectivity index (χ1) is 11.7. The van der Waals surface area contributed by atoms with E-state index in [2.05, 4.69) is 0 Å². The number of carbonyl (C=O) groups excluding carboxylic acids is 1. The van der Waals surface area contributed by atoms with E-state index in [1.807, 2.05) is 38.5 Å². The molecule has 1 aliphatic heterocycles. The van der Waals surface area contributed by atoms with Crippen LogP contribution in [0, 0.1) is 0 Å². The number of aromatic nitrogens is 1. The van der Waals surface area contributed by atoms with Crippen molar-refractivity contribution in [3.8, 4) is 11.5 Å². The molecule has 1 amide bonds. The minimum atomic E-state index is -0.568. The number of methoxy groups -OCH3 is 2. The smallest absolute Gasteiger partial charge is 0.414 e. The zero-order valence-electron chi connectivity index (χ0n) is 15.4. The fourth-order valence-corrected chi connectivity index (χ4v) is 3.55. The molecule has 0 unspecified atom stereocenters. The minimum Gasteiger partial charge on any atom is -0.493 e. The van der Waals surface area contributed by atoms with Crippen molar-refractivity contribution in [3.63, 3.8) is 0 Å². The van der Waals surface area contributed by atoms with Crippen LogP contribution in [0.3, 0.4) is 0 Å². The molecule has 7 heteroatoms. The summed E-state index contributed by atoms with van der Waals surface area (Å²) >= 11 is 6.53. The van der Waals surface area contributed by atoms with Gasteiger partial charge in [-0.05, 0) is 27.2 Å². The van der Waals surface area contributed by atoms with E-state index in [1.165, 1.54) is 0 Å². The van der Waals surface area contributed by atoms with E-state index in [-0.39, 0.29) is 6.09 Å². The predicted molar refractivity (Wildman–Crippen MR) is 98.3 cm³/mol. The van der Waals surface area contributed by atoms with E-state index in [1.54, 1.807) is 19.1 Å². The zero-order valence-corrected chi connectivity index (χ0v) is 16.2. The van der Waals surface area contributed by atoms with Crippen molar-refractivity contribution in [1.29, 1.82) is 0 Å². The molecular weight excluding hydrogens is 344 g/mol. The molecule has 0 saturated carbocycles. The Kier molecular flexibility index (Phi) is 4.27. The molecular formula is C18H23ClN2O4. The van der Waals surface area contributed by atoms with Gasteiger partial charge in [0.25, 0.3) is 0 Å². The minimum absolute atomic E-state index is 0.383. The highest BCUT2D eigenvalue weighted by atomic mass is 35.5. The van der Waals surface area contributed by atoms with E-state index >= 15 is 0 Å². The largest absolute Gasteiger partial charge is 0.493 e. The lowest BCUT2D eigenvalue weighted by Crippen LogP contribution is -2.39. The maximum absolute atomic E-state index is 12.7. The summed E-state index contributed by atoms with van der Waals surface area (Å²) in [6.45, 7) is 6.05. The first-order valence-electron chi connectivity index (χ1n) is 8.11. The summed E-state index contributed by atoms with van der Waals surface area (Å²) in [6, 6.07) is 1.81. The molecule has 2 heterocycles. The SMILES string of the molecule is COc1cc2c3c(c(Cl)n(C)c3c1OC)CCN2C(=O)OC(C)(C)C. The van der Waals surface area contributed by atoms with Crippen molar-refractivity contribution in [3.05, 3.63) is 16.8 Å². The Balaban J connectivity index is 2.26. The molecule has 136 valence electrons. The second-order valence-corrected chi connectivity index (χ2v) is 7.42. The Morgan fingerprint density at radius 1 is 1.24 bits per heavy atom. The molecule has 2 aromatic rings. The van der Waals surface area contributed by atoms with Gasteiger partial charge in [0, 0.05) is 30.6 Å². The molecule has 0 fully saturated rings. The Labute approximate surface area is 152 Å². The molecule has 0 spiro atoms. The molecule has 3 rings (SSSR count). The Hall–Kier alpha value is -2.08. The van der Waals surface area contributed by atoms with Crippen LogP contribution in [0.5, 0.6) is 11.5 Å². The number of halogens is 1. The van der Waals surface area contributed by atoms with E-state index in [4.69, 9.17) is 25.8 Å². The third kappa shape index (κ3) is 2.78. The third-order valence-corrected chi connectivity index (χ3v) is 4.78. The molecule has 25 heavy (non-hydrogen) atoms. The number of anilines is 1. The number of carbonyl (C=O) groups is 1. The lowest BCUT2D eigenvalue weighted by Gasteiger charge is -2.31. The van der Waals surface area contributed by atoms with Crippen molar-refractivity contribution in [2.24, 2.45) is 7.05 Å². The van der Waals surface area contributed by atoms with Crippen molar-refractivity contribution in [2.45, 2.75) is 32.8 Å². The van der Waals surface area contributed by atoms with E-state index < -0.39 is 5.60 Å². The van der Waals surface area contributed by atoms with Gasteiger partial charge < -0.3 is 18.8 Å². The van der Waals surface area contributed by atoms with Crippen molar-refractivity contribution in [2.75, 3.05) is 25.7 Å². The van der Waals surface area contributed by atoms with Crippen LogP contribution >= 0.6 is 11.6 Å². The summed E-state index contributed by atoms with van der Waals surface area (Å²) < 4.78 is 18.5. The average molecular weight is 367 g/mol. The molecule has 0 aliphatic carbocycles. The topological polar surface area (TPSA) is 52.9 Å². The summed E-state index contributed by atoms with van der Waals surface area (Å²) in [4.78, 5) is 14.3. The highest BCUT2D eigenvalue weighted by molar-refractivity contribution is 6.33. The summed E-state index contributed by atoms with van der Waals surface area (Å²) in [5, 5.41) is 1.55. The van der Waals surface area contributed by atoms with Gasteiger partial charge in [0.05, 0.1) is 25.4 Å². The van der Waals surface area contributed by atoms with Crippen LogP contribution < -0.4 is 14.4 Å². The van der Waals surface area contributed by atoms with Crippen molar-refractivity contribution in [1.82, 2.24) is 4.57 Å². The third-order valence-electron chi connectivity index (χ3n) is 4.29. The summed E-state index contributed by atoms with van der Waals surface area (Å²) in [7, 11) is 5.04. The van der Waals surface area contributed by atoms with Gasteiger partial charge >= 0.3 is 6.09 Å². The Morgan fingerprint density at radius 3 is 2.48 bits per heavy atom. The molecule has 0 N–H and O–H groups in total. The van der Waals surface area contributed by atoms with E-state index in [0.29, 0.717) is 29.6 Å². The molecule has 1 aromatic heterocycles. The maximum Gasteiger partial charge on any atom is 0.414 e. The Bertz CT molecular complexity index is 851. The van der Waals surface area contributed by atoms with Crippen molar-refractivity contribution < 1.29 is 19.0 Å². The van der Waals surface area contributed by atoms with Crippen LogP contribution in [-0.4, -0.2) is 37.0 Å². The fourth-order valence-electron chi connectivity index (χ4n) is 3.28. The summed E-state index contributed by atoms with van der Waals surface area (Å²) in [6.07, 6.45) is 0.268. The van der Waals surface area contributed by atoms with Gasteiger partial charge in [0.15, 0.2) is 11.5 Å². The number of nitrogens with zero attached hydrogens (tertiary/aromatic N) is 2. The molecule has 1 aromatic carbocycles. The lowest BCUT2D eigenvalue weighted by molar-refractivity contribution is 0.0580. The second kappa shape index (κ2) is 6.02. The number of benzene rings is 1. The van der Waals surface area contributed by atoms with Gasteiger partial charge in [-0.25, -0.2) is 4.79 Å². The number of amides is 1. The number of hydrogen-bond donors (Lipinski definition) is 0. The van der Waals surface area contributed by atoms with E-state index in [0.717, 1.165) is 22.2 Å². The molecule has 0 saturated heterocycles. The van der Waals surface area contributed by atoms with Crippen LogP contribution in [-0.2, 0) is 18.2 Å². The highest BCUT2D eigenvalue weighted by Crippen LogP contribution is 2.48. The van der Waals surface area contributed by atoms with Crippen LogP contribution in [0.2, 0.25) is 5.15 Å². The number of hydrogen-bond acceptors (Lipinski definition) is 4. The normalized spacial score (nSPS) is 14.0. The maximum atomic E-state index is 12.7. The standard InChI is InChI=1S/C18H23ClN2O4/c1-18(2,3)25-17(22)21-8-7-10-13-11(21)9-12(23-5)15(24-6)14(13)20(4)16(10)19/h9H,7-8H2,1-6H3. The summed E-state index contributed by atoms with van der Waals surface area (Å²) in [5.74, 6) is 1.15. The fraction of sp³-hybridized carbons (Fsp3) is 0.500. The quantitative estimate of drug-likeness (QED) is 0.801. The first kappa shape index (κ1) is 17.7. The second-order valence-electron chi connectivity index (χ2n) is 7.07. The first-order valence-corrected chi connectivity index (χ1v) is 8.49. The van der Waals surface area contributed by atoms with Crippen molar-refractivity contribution >= 4 is 34.3 Å². The molecule has 0 radical (unpaired) electrons. The van der Waals surface area contributed by atoms with Gasteiger partial charge in [-0.3, -0.25) is 4.90 Å². The summed E-state index contributed by atoms with van der Waals surface area (Å²) in [5.41, 5.74) is 1.98. The lowest BCUT2D eigenvalue weighted by atomic mass is 10.0. The molecule has 0 atom stereocenters. The van der Waals surface area contributed by atoms with Gasteiger partial charge in [-0.2, -0.15) is 0 Å². The highest BCUT2D eigenvalue weighted by Gasteiger charge is 2.33. The van der Waals surface area contributed by atoms with Gasteiger partial charge in [0.1, 0.15) is 10.8 Å². The Morgan fingerprint density at radius 2 is 1.92 bits per heavy atom. The molecule has 6 nitrogen and oxygen atoms in total. The van der Waals surface area contributed by atoms with Gasteiger partial charge in [0.2, 0.25) is 0 Å². The molecule has 0 bridgehead atoms. The van der Waals surface area contributed by atoms with Crippen LogP contribution in [0.1, 0.15) is 26.3 Å². The van der Waals surface area contributed by atoms with Crippen LogP contribution in [0.25, 0.3) is 10.9 Å².